The number of nitrogens with zero attached hydrogens (tertiary/aromatic N) is 1. The monoisotopic (exact) mass is 318 g/mol. The Morgan fingerprint density at radius 2 is 1.48 bits per heavy atom. The van der Waals surface area contributed by atoms with E-state index in [0.717, 1.165) is 31.6 Å². The Balaban J connectivity index is 3.12. The van der Waals surface area contributed by atoms with Crippen LogP contribution in [0.2, 0.25) is 0 Å². The van der Waals surface area contributed by atoms with Crippen molar-refractivity contribution in [3.8, 4) is 0 Å². The first-order chi connectivity index (χ1) is 11.0. The molecule has 1 aromatic rings. The molecule has 0 spiro atoms. The summed E-state index contributed by atoms with van der Waals surface area (Å²) in [4.78, 5) is 14.7. The number of carbonyl (C=O) groups is 1. The van der Waals surface area contributed by atoms with Gasteiger partial charge in [0.1, 0.15) is 0 Å². The third-order valence-electron chi connectivity index (χ3n) is 4.94. The fourth-order valence-electron chi connectivity index (χ4n) is 2.82. The quantitative estimate of drug-likeness (QED) is 0.695. The van der Waals surface area contributed by atoms with Crippen LogP contribution in [0.4, 0.5) is 5.69 Å². The summed E-state index contributed by atoms with van der Waals surface area (Å²) in [7, 11) is 0. The predicted molar refractivity (Wildman–Crippen MR) is 100 cm³/mol. The first-order valence-corrected chi connectivity index (χ1v) is 9.13. The number of benzene rings is 1. The summed E-state index contributed by atoms with van der Waals surface area (Å²) < 4.78 is 0. The molecule has 0 heterocycles. The van der Waals surface area contributed by atoms with E-state index in [1.54, 1.807) is 0 Å². The molecule has 0 saturated heterocycles. The highest BCUT2D eigenvalue weighted by molar-refractivity contribution is 5.94. The van der Waals surface area contributed by atoms with Gasteiger partial charge in [-0.1, -0.05) is 59.7 Å². The normalized spacial score (nSPS) is 13.9. The van der Waals surface area contributed by atoms with Crippen LogP contribution >= 0.6 is 0 Å². The average molecular weight is 319 g/mol. The lowest BCUT2D eigenvalue weighted by molar-refractivity contribution is -0.117. The van der Waals surface area contributed by atoms with Crippen LogP contribution in [0.5, 0.6) is 0 Å². The van der Waals surface area contributed by atoms with Gasteiger partial charge in [-0.05, 0) is 48.9 Å². The van der Waals surface area contributed by atoms with Crippen molar-refractivity contribution in [1.29, 1.82) is 0 Å². The molecule has 1 rings (SSSR count). The van der Waals surface area contributed by atoms with Gasteiger partial charge in [-0.15, -0.1) is 0 Å². The van der Waals surface area contributed by atoms with E-state index in [-0.39, 0.29) is 5.91 Å². The molecular weight excluding hydrogens is 284 g/mol. The van der Waals surface area contributed by atoms with Gasteiger partial charge in [-0.3, -0.25) is 9.69 Å². The Morgan fingerprint density at radius 3 is 1.87 bits per heavy atom. The van der Waals surface area contributed by atoms with Gasteiger partial charge < -0.3 is 5.32 Å². The van der Waals surface area contributed by atoms with Crippen LogP contribution in [-0.4, -0.2) is 30.4 Å². The maximum atomic E-state index is 12.5. The van der Waals surface area contributed by atoms with Crippen molar-refractivity contribution >= 4 is 11.6 Å². The maximum absolute atomic E-state index is 12.5. The smallest absolute Gasteiger partial charge is 0.238 e. The lowest BCUT2D eigenvalue weighted by atomic mass is 9.89. The Morgan fingerprint density at radius 1 is 1.00 bits per heavy atom. The number of hydrogen-bond acceptors (Lipinski definition) is 2. The molecule has 2 atom stereocenters. The molecule has 0 bridgehead atoms. The minimum Gasteiger partial charge on any atom is -0.324 e. The van der Waals surface area contributed by atoms with Crippen LogP contribution in [-0.2, 0) is 4.79 Å². The van der Waals surface area contributed by atoms with Crippen LogP contribution in [0, 0.1) is 0 Å². The van der Waals surface area contributed by atoms with Gasteiger partial charge in [-0.25, -0.2) is 0 Å². The predicted octanol–water partition coefficient (Wildman–Crippen LogP) is 4.99. The number of amides is 1. The second kappa shape index (κ2) is 9.71. The van der Waals surface area contributed by atoms with Crippen molar-refractivity contribution in [2.75, 3.05) is 25.0 Å². The van der Waals surface area contributed by atoms with Gasteiger partial charge in [-0.2, -0.15) is 0 Å². The highest BCUT2D eigenvalue weighted by atomic mass is 16.2. The van der Waals surface area contributed by atoms with Crippen molar-refractivity contribution in [3.63, 3.8) is 0 Å². The van der Waals surface area contributed by atoms with Crippen molar-refractivity contribution in [1.82, 2.24) is 4.90 Å². The van der Waals surface area contributed by atoms with Crippen LogP contribution < -0.4 is 5.32 Å². The fraction of sp³-hybridized carbons (Fsp3) is 0.650. The summed E-state index contributed by atoms with van der Waals surface area (Å²) in [5.74, 6) is 0.986. The maximum Gasteiger partial charge on any atom is 0.238 e. The lowest BCUT2D eigenvalue weighted by Crippen LogP contribution is -2.33. The molecule has 0 aliphatic heterocycles. The average Bonchev–Trinajstić information content (AvgIpc) is 2.58. The number of rotatable bonds is 9. The van der Waals surface area contributed by atoms with E-state index >= 15 is 0 Å². The summed E-state index contributed by atoms with van der Waals surface area (Å²) in [5.41, 5.74) is 3.57. The Bertz CT molecular complexity index is 466. The summed E-state index contributed by atoms with van der Waals surface area (Å²) in [6.45, 7) is 15.3. The molecule has 3 heteroatoms. The number of nitrogens with one attached hydrogen (secondary N) is 1. The van der Waals surface area contributed by atoms with Crippen molar-refractivity contribution in [2.24, 2.45) is 0 Å². The highest BCUT2D eigenvalue weighted by Crippen LogP contribution is 2.34. The van der Waals surface area contributed by atoms with Gasteiger partial charge in [0.05, 0.1) is 6.54 Å². The van der Waals surface area contributed by atoms with Gasteiger partial charge in [0.15, 0.2) is 0 Å². The van der Waals surface area contributed by atoms with E-state index in [4.69, 9.17) is 0 Å². The molecule has 0 aliphatic carbocycles. The molecule has 0 radical (unpaired) electrons. The summed E-state index contributed by atoms with van der Waals surface area (Å²) >= 11 is 0. The topological polar surface area (TPSA) is 32.3 Å². The third kappa shape index (κ3) is 5.35. The van der Waals surface area contributed by atoms with E-state index in [9.17, 15) is 4.79 Å². The second-order valence-electron chi connectivity index (χ2n) is 6.44. The number of carbonyl (C=O) groups excluding carboxylic acids is 1. The first kappa shape index (κ1) is 19.7. The van der Waals surface area contributed by atoms with Crippen molar-refractivity contribution in [2.45, 2.75) is 66.2 Å². The second-order valence-corrected chi connectivity index (χ2v) is 6.44. The minimum atomic E-state index is 0.0917. The third-order valence-corrected chi connectivity index (χ3v) is 4.94. The summed E-state index contributed by atoms with van der Waals surface area (Å²) in [5, 5.41) is 3.23. The van der Waals surface area contributed by atoms with Gasteiger partial charge in [0, 0.05) is 5.69 Å². The molecule has 1 aromatic carbocycles. The van der Waals surface area contributed by atoms with Gasteiger partial charge >= 0.3 is 0 Å². The lowest BCUT2D eigenvalue weighted by Gasteiger charge is -2.24. The van der Waals surface area contributed by atoms with E-state index < -0.39 is 0 Å². The van der Waals surface area contributed by atoms with E-state index in [0.29, 0.717) is 18.4 Å². The zero-order valence-electron chi connectivity index (χ0n) is 15.8. The SMILES string of the molecule is CCC(C)c1cccc(C(C)CC)c1NC(=O)CN(CC)CC. The van der Waals surface area contributed by atoms with Crippen LogP contribution in [0.3, 0.4) is 0 Å². The molecule has 0 aliphatic rings. The molecule has 0 aromatic heterocycles. The first-order valence-electron chi connectivity index (χ1n) is 9.13. The largest absolute Gasteiger partial charge is 0.324 e. The Kier molecular flexibility index (Phi) is 8.32. The molecule has 0 saturated carbocycles. The molecular formula is C20H34N2O. The molecule has 130 valence electrons. The Labute approximate surface area is 142 Å². The molecule has 1 N–H and O–H groups in total. The molecule has 23 heavy (non-hydrogen) atoms. The molecule has 2 unspecified atom stereocenters. The van der Waals surface area contributed by atoms with Gasteiger partial charge in [0.2, 0.25) is 5.91 Å². The standard InChI is InChI=1S/C20H34N2O/c1-7-15(5)17-12-11-13-18(16(6)8-2)20(17)21-19(23)14-22(9-3)10-4/h11-13,15-16H,7-10,14H2,1-6H3,(H,21,23). The molecule has 0 fully saturated rings. The highest BCUT2D eigenvalue weighted by Gasteiger charge is 2.18. The fourth-order valence-corrected chi connectivity index (χ4v) is 2.82. The van der Waals surface area contributed by atoms with Gasteiger partial charge in [0.25, 0.3) is 0 Å². The molecule has 3 nitrogen and oxygen atoms in total. The molecule has 1 amide bonds. The zero-order chi connectivity index (χ0) is 17.4. The minimum absolute atomic E-state index is 0.0917. The van der Waals surface area contributed by atoms with Crippen LogP contribution in [0.25, 0.3) is 0 Å². The van der Waals surface area contributed by atoms with E-state index in [2.05, 4.69) is 70.0 Å². The van der Waals surface area contributed by atoms with Crippen molar-refractivity contribution < 1.29 is 4.79 Å². The number of anilines is 1. The number of para-hydroxylation sites is 1. The summed E-state index contributed by atoms with van der Waals surface area (Å²) in [6.07, 6.45) is 2.14. The van der Waals surface area contributed by atoms with E-state index in [1.807, 2.05) is 0 Å². The van der Waals surface area contributed by atoms with E-state index in [1.165, 1.54) is 11.1 Å². The van der Waals surface area contributed by atoms with Crippen LogP contribution in [0.15, 0.2) is 18.2 Å². The Hall–Kier alpha value is -1.35. The number of likely N-dealkylation sites (N-methyl/N-ethyl adjacent to an activating group) is 1. The van der Waals surface area contributed by atoms with Crippen LogP contribution in [0.1, 0.15) is 77.3 Å². The number of hydrogen-bond donors (Lipinski definition) is 1. The zero-order valence-corrected chi connectivity index (χ0v) is 15.8. The summed E-state index contributed by atoms with van der Waals surface area (Å²) in [6, 6.07) is 6.45. The van der Waals surface area contributed by atoms with Crippen molar-refractivity contribution in [3.05, 3.63) is 29.3 Å².